The first-order valence-electron chi connectivity index (χ1n) is 10.6. The van der Waals surface area contributed by atoms with Gasteiger partial charge in [0.05, 0.1) is 4.90 Å². The number of pyridine rings is 1. The van der Waals surface area contributed by atoms with Crippen molar-refractivity contribution >= 4 is 15.9 Å². The van der Waals surface area contributed by atoms with E-state index in [0.29, 0.717) is 39.0 Å². The number of piperazine rings is 1. The second-order valence-corrected chi connectivity index (χ2v) is 10.0. The minimum absolute atomic E-state index is 0.0865. The summed E-state index contributed by atoms with van der Waals surface area (Å²) in [5.74, 6) is -0.492. The van der Waals surface area contributed by atoms with Gasteiger partial charge in [0.15, 0.2) is 0 Å². The number of carbonyl (C=O) groups excluding carboxylic acids is 1. The van der Waals surface area contributed by atoms with Gasteiger partial charge in [-0.15, -0.1) is 0 Å². The highest BCUT2D eigenvalue weighted by atomic mass is 32.2. The zero-order valence-corrected chi connectivity index (χ0v) is 18.2. The van der Waals surface area contributed by atoms with Crippen molar-refractivity contribution < 1.29 is 17.6 Å². The van der Waals surface area contributed by atoms with E-state index < -0.39 is 15.8 Å². The predicted molar refractivity (Wildman–Crippen MR) is 114 cm³/mol. The van der Waals surface area contributed by atoms with Crippen LogP contribution >= 0.6 is 0 Å². The molecule has 2 aliphatic heterocycles. The molecule has 2 aromatic rings. The molecule has 3 heterocycles. The van der Waals surface area contributed by atoms with Gasteiger partial charge in [-0.25, -0.2) is 12.8 Å². The van der Waals surface area contributed by atoms with E-state index in [9.17, 15) is 17.6 Å². The van der Waals surface area contributed by atoms with E-state index in [1.54, 1.807) is 6.20 Å². The summed E-state index contributed by atoms with van der Waals surface area (Å²) in [7, 11) is -3.66. The highest BCUT2D eigenvalue weighted by Crippen LogP contribution is 2.25. The maximum Gasteiger partial charge on any atom is 0.243 e. The first-order chi connectivity index (χ1) is 14.9. The number of amides is 1. The van der Waals surface area contributed by atoms with Gasteiger partial charge in [0.1, 0.15) is 5.82 Å². The molecule has 4 rings (SSSR count). The fraction of sp³-hybridized carbons (Fsp3) is 0.455. The summed E-state index contributed by atoms with van der Waals surface area (Å²) in [6.45, 7) is 4.45. The van der Waals surface area contributed by atoms with Crippen LogP contribution in [0.1, 0.15) is 18.4 Å². The normalized spacial score (nSPS) is 19.5. The zero-order chi connectivity index (χ0) is 21.8. The van der Waals surface area contributed by atoms with Gasteiger partial charge in [0.25, 0.3) is 0 Å². The van der Waals surface area contributed by atoms with Crippen LogP contribution in [0.25, 0.3) is 0 Å². The highest BCUT2D eigenvalue weighted by molar-refractivity contribution is 7.89. The molecule has 0 aliphatic carbocycles. The van der Waals surface area contributed by atoms with E-state index in [4.69, 9.17) is 0 Å². The van der Waals surface area contributed by atoms with Crippen molar-refractivity contribution in [2.75, 3.05) is 39.3 Å². The number of sulfonamides is 1. The van der Waals surface area contributed by atoms with Crippen LogP contribution in [0, 0.1) is 11.7 Å². The maximum absolute atomic E-state index is 13.1. The number of benzene rings is 1. The summed E-state index contributed by atoms with van der Waals surface area (Å²) < 4.78 is 40.0. The van der Waals surface area contributed by atoms with Gasteiger partial charge in [-0.3, -0.25) is 14.7 Å². The minimum Gasteiger partial charge on any atom is -0.340 e. The molecule has 1 aromatic heterocycles. The molecule has 1 amide bonds. The molecule has 7 nitrogen and oxygen atoms in total. The van der Waals surface area contributed by atoms with Crippen molar-refractivity contribution in [1.82, 2.24) is 19.1 Å². The molecular formula is C22H27FN4O3S. The summed E-state index contributed by atoms with van der Waals surface area (Å²) in [5, 5.41) is 0. The van der Waals surface area contributed by atoms with Gasteiger partial charge in [0.2, 0.25) is 15.9 Å². The van der Waals surface area contributed by atoms with Gasteiger partial charge in [-0.1, -0.05) is 6.07 Å². The Hall–Kier alpha value is -2.36. The molecular weight excluding hydrogens is 419 g/mol. The molecule has 2 fully saturated rings. The van der Waals surface area contributed by atoms with E-state index in [1.807, 2.05) is 17.2 Å². The van der Waals surface area contributed by atoms with Crippen LogP contribution in [0.3, 0.4) is 0 Å². The Labute approximate surface area is 182 Å². The van der Waals surface area contributed by atoms with Crippen molar-refractivity contribution in [2.24, 2.45) is 5.92 Å². The fourth-order valence-electron chi connectivity index (χ4n) is 4.23. The third-order valence-electron chi connectivity index (χ3n) is 6.07. The van der Waals surface area contributed by atoms with E-state index in [2.05, 4.69) is 16.0 Å². The molecule has 0 bridgehead atoms. The molecule has 0 radical (unpaired) electrons. The van der Waals surface area contributed by atoms with Crippen molar-refractivity contribution in [1.29, 1.82) is 0 Å². The molecule has 0 unspecified atom stereocenters. The molecule has 0 spiro atoms. The van der Waals surface area contributed by atoms with Crippen LogP contribution in [0.15, 0.2) is 53.7 Å². The van der Waals surface area contributed by atoms with Crippen molar-refractivity contribution in [3.63, 3.8) is 0 Å². The summed E-state index contributed by atoms with van der Waals surface area (Å²) in [4.78, 5) is 21.4. The Morgan fingerprint density at radius 3 is 2.29 bits per heavy atom. The molecule has 2 saturated heterocycles. The van der Waals surface area contributed by atoms with Gasteiger partial charge < -0.3 is 4.90 Å². The lowest BCUT2D eigenvalue weighted by Crippen LogP contribution is -2.51. The number of hydrogen-bond acceptors (Lipinski definition) is 5. The van der Waals surface area contributed by atoms with E-state index in [-0.39, 0.29) is 16.7 Å². The third-order valence-corrected chi connectivity index (χ3v) is 7.98. The average Bonchev–Trinajstić information content (AvgIpc) is 2.80. The Balaban J connectivity index is 1.27. The van der Waals surface area contributed by atoms with Gasteiger partial charge in [0, 0.05) is 64.1 Å². The lowest BCUT2D eigenvalue weighted by molar-refractivity contribution is -0.138. The standard InChI is InChI=1S/C22H27FN4O3S/c23-20-3-5-21(6-4-20)31(29,30)27-10-7-19(8-11-27)22(28)26-14-12-25(13-15-26)17-18-2-1-9-24-16-18/h1-6,9,16,19H,7-8,10-15,17H2. The van der Waals surface area contributed by atoms with Crippen LogP contribution < -0.4 is 0 Å². The number of rotatable bonds is 5. The Kier molecular flexibility index (Phi) is 6.64. The largest absolute Gasteiger partial charge is 0.340 e. The first-order valence-corrected chi connectivity index (χ1v) is 12.0. The van der Waals surface area contributed by atoms with Crippen LogP contribution in [-0.4, -0.2) is 72.7 Å². The quantitative estimate of drug-likeness (QED) is 0.702. The van der Waals surface area contributed by atoms with E-state index in [1.165, 1.54) is 16.4 Å². The lowest BCUT2D eigenvalue weighted by atomic mass is 9.96. The molecule has 0 saturated carbocycles. The number of piperidine rings is 1. The highest BCUT2D eigenvalue weighted by Gasteiger charge is 2.34. The Morgan fingerprint density at radius 1 is 1.00 bits per heavy atom. The molecule has 166 valence electrons. The minimum atomic E-state index is -3.66. The van der Waals surface area contributed by atoms with E-state index in [0.717, 1.165) is 37.3 Å². The average molecular weight is 447 g/mol. The molecule has 0 N–H and O–H groups in total. The second kappa shape index (κ2) is 9.42. The Morgan fingerprint density at radius 2 is 1.68 bits per heavy atom. The van der Waals surface area contributed by atoms with Crippen molar-refractivity contribution in [2.45, 2.75) is 24.3 Å². The van der Waals surface area contributed by atoms with Crippen LogP contribution in [-0.2, 0) is 21.4 Å². The van der Waals surface area contributed by atoms with Crippen LogP contribution in [0.2, 0.25) is 0 Å². The summed E-state index contributed by atoms with van der Waals surface area (Å²) in [5.41, 5.74) is 1.16. The molecule has 1 aromatic carbocycles. The molecule has 2 aliphatic rings. The smallest absolute Gasteiger partial charge is 0.243 e. The SMILES string of the molecule is O=C(C1CCN(S(=O)(=O)c2ccc(F)cc2)CC1)N1CCN(Cc2cccnc2)CC1. The number of aromatic nitrogens is 1. The van der Waals surface area contributed by atoms with Crippen LogP contribution in [0.4, 0.5) is 4.39 Å². The third kappa shape index (κ3) is 5.11. The fourth-order valence-corrected chi connectivity index (χ4v) is 5.70. The number of hydrogen-bond donors (Lipinski definition) is 0. The topological polar surface area (TPSA) is 73.8 Å². The molecule has 9 heteroatoms. The number of halogens is 1. The first kappa shape index (κ1) is 21.9. The van der Waals surface area contributed by atoms with Gasteiger partial charge >= 0.3 is 0 Å². The number of nitrogens with zero attached hydrogens (tertiary/aromatic N) is 4. The predicted octanol–water partition coefficient (Wildman–Crippen LogP) is 1.97. The summed E-state index contributed by atoms with van der Waals surface area (Å²) in [6.07, 6.45) is 4.64. The van der Waals surface area contributed by atoms with Crippen molar-refractivity contribution in [3.8, 4) is 0 Å². The maximum atomic E-state index is 13.1. The monoisotopic (exact) mass is 446 g/mol. The summed E-state index contributed by atoms with van der Waals surface area (Å²) in [6, 6.07) is 8.85. The lowest BCUT2D eigenvalue weighted by Gasteiger charge is -2.38. The van der Waals surface area contributed by atoms with Crippen LogP contribution in [0.5, 0.6) is 0 Å². The zero-order valence-electron chi connectivity index (χ0n) is 17.4. The van der Waals surface area contributed by atoms with E-state index >= 15 is 0 Å². The summed E-state index contributed by atoms with van der Waals surface area (Å²) >= 11 is 0. The van der Waals surface area contributed by atoms with Gasteiger partial charge in [-0.05, 0) is 48.7 Å². The Bertz CT molecular complexity index is 985. The van der Waals surface area contributed by atoms with Crippen molar-refractivity contribution in [3.05, 3.63) is 60.2 Å². The van der Waals surface area contributed by atoms with Gasteiger partial charge in [-0.2, -0.15) is 4.31 Å². The number of carbonyl (C=O) groups is 1. The molecule has 0 atom stereocenters. The second-order valence-electron chi connectivity index (χ2n) is 8.09. The molecule has 31 heavy (non-hydrogen) atoms.